The first kappa shape index (κ1) is 12.6. The highest BCUT2D eigenvalue weighted by Crippen LogP contribution is 2.18. The molecular weight excluding hydrogens is 210 g/mol. The van der Waals surface area contributed by atoms with Crippen LogP contribution in [0, 0.1) is 6.92 Å². The minimum atomic E-state index is -0.0515. The minimum Gasteiger partial charge on any atom is -0.393 e. The van der Waals surface area contributed by atoms with Crippen molar-refractivity contribution in [3.05, 3.63) is 35.4 Å². The summed E-state index contributed by atoms with van der Waals surface area (Å²) in [7, 11) is 0. The Balaban J connectivity index is 1.71. The van der Waals surface area contributed by atoms with Crippen LogP contribution in [0.15, 0.2) is 24.3 Å². The van der Waals surface area contributed by atoms with E-state index in [0.717, 1.165) is 38.6 Å². The summed E-state index contributed by atoms with van der Waals surface area (Å²) >= 11 is 0. The minimum absolute atomic E-state index is 0.0515. The molecule has 1 fully saturated rings. The Labute approximate surface area is 104 Å². The molecular formula is C15H23NO. The summed E-state index contributed by atoms with van der Waals surface area (Å²) in [5.74, 6) is 0. The zero-order valence-electron chi connectivity index (χ0n) is 10.7. The van der Waals surface area contributed by atoms with Gasteiger partial charge in [0.1, 0.15) is 0 Å². The highest BCUT2D eigenvalue weighted by atomic mass is 16.3. The number of nitrogens with one attached hydrogen (secondary N) is 1. The highest BCUT2D eigenvalue weighted by molar-refractivity contribution is 5.25. The number of aryl methyl sites for hydroxylation is 1. The SMILES string of the molecule is Cc1ccccc1CCNC1CCC(O)CC1. The van der Waals surface area contributed by atoms with Gasteiger partial charge in [-0.05, 0) is 56.7 Å². The van der Waals surface area contributed by atoms with Crippen LogP contribution in [-0.4, -0.2) is 23.8 Å². The van der Waals surface area contributed by atoms with Crippen molar-refractivity contribution < 1.29 is 5.11 Å². The van der Waals surface area contributed by atoms with Crippen molar-refractivity contribution in [1.82, 2.24) is 5.32 Å². The van der Waals surface area contributed by atoms with Crippen LogP contribution in [-0.2, 0) is 6.42 Å². The molecule has 2 N–H and O–H groups in total. The fraction of sp³-hybridized carbons (Fsp3) is 0.600. The van der Waals surface area contributed by atoms with E-state index in [0.29, 0.717) is 6.04 Å². The molecule has 1 saturated carbocycles. The third-order valence-electron chi connectivity index (χ3n) is 3.79. The third kappa shape index (κ3) is 3.83. The van der Waals surface area contributed by atoms with Crippen LogP contribution in [0.1, 0.15) is 36.8 Å². The average molecular weight is 233 g/mol. The van der Waals surface area contributed by atoms with Gasteiger partial charge >= 0.3 is 0 Å². The molecule has 0 aromatic heterocycles. The van der Waals surface area contributed by atoms with Gasteiger partial charge in [0, 0.05) is 6.04 Å². The van der Waals surface area contributed by atoms with E-state index in [4.69, 9.17) is 0 Å². The molecule has 0 heterocycles. The summed E-state index contributed by atoms with van der Waals surface area (Å²) in [5.41, 5.74) is 2.82. The van der Waals surface area contributed by atoms with Crippen LogP contribution in [0.5, 0.6) is 0 Å². The van der Waals surface area contributed by atoms with Gasteiger partial charge in [-0.15, -0.1) is 0 Å². The molecule has 0 unspecified atom stereocenters. The molecule has 1 aliphatic carbocycles. The van der Waals surface area contributed by atoms with Crippen molar-refractivity contribution in [2.75, 3.05) is 6.54 Å². The molecule has 1 aromatic carbocycles. The number of hydrogen-bond donors (Lipinski definition) is 2. The second kappa shape index (κ2) is 6.18. The zero-order chi connectivity index (χ0) is 12.1. The maximum absolute atomic E-state index is 9.44. The topological polar surface area (TPSA) is 32.3 Å². The van der Waals surface area contributed by atoms with Gasteiger partial charge in [-0.25, -0.2) is 0 Å². The van der Waals surface area contributed by atoms with Crippen molar-refractivity contribution in [3.63, 3.8) is 0 Å². The zero-order valence-corrected chi connectivity index (χ0v) is 10.7. The van der Waals surface area contributed by atoms with Gasteiger partial charge in [0.15, 0.2) is 0 Å². The lowest BCUT2D eigenvalue weighted by molar-refractivity contribution is 0.117. The van der Waals surface area contributed by atoms with Gasteiger partial charge in [0.2, 0.25) is 0 Å². The Morgan fingerprint density at radius 1 is 1.18 bits per heavy atom. The van der Waals surface area contributed by atoms with Gasteiger partial charge in [-0.2, -0.15) is 0 Å². The fourth-order valence-electron chi connectivity index (χ4n) is 2.58. The van der Waals surface area contributed by atoms with E-state index >= 15 is 0 Å². The van der Waals surface area contributed by atoms with Gasteiger partial charge in [-0.1, -0.05) is 24.3 Å². The molecule has 2 rings (SSSR count). The molecule has 2 heteroatoms. The van der Waals surface area contributed by atoms with Crippen LogP contribution < -0.4 is 5.32 Å². The largest absolute Gasteiger partial charge is 0.393 e. The molecule has 1 aliphatic rings. The maximum atomic E-state index is 9.44. The van der Waals surface area contributed by atoms with Crippen molar-refractivity contribution >= 4 is 0 Å². The monoisotopic (exact) mass is 233 g/mol. The van der Waals surface area contributed by atoms with Gasteiger partial charge < -0.3 is 10.4 Å². The number of benzene rings is 1. The number of hydrogen-bond acceptors (Lipinski definition) is 2. The number of aliphatic hydroxyl groups excluding tert-OH is 1. The second-order valence-corrected chi connectivity index (χ2v) is 5.14. The maximum Gasteiger partial charge on any atom is 0.0541 e. The van der Waals surface area contributed by atoms with Crippen molar-refractivity contribution in [3.8, 4) is 0 Å². The Morgan fingerprint density at radius 3 is 2.59 bits per heavy atom. The predicted molar refractivity (Wildman–Crippen MR) is 71.1 cm³/mol. The highest BCUT2D eigenvalue weighted by Gasteiger charge is 2.18. The van der Waals surface area contributed by atoms with Gasteiger partial charge in [0.25, 0.3) is 0 Å². The van der Waals surface area contributed by atoms with Crippen molar-refractivity contribution in [2.24, 2.45) is 0 Å². The third-order valence-corrected chi connectivity index (χ3v) is 3.79. The van der Waals surface area contributed by atoms with Crippen molar-refractivity contribution in [2.45, 2.75) is 51.2 Å². The smallest absolute Gasteiger partial charge is 0.0541 e. The van der Waals surface area contributed by atoms with Crippen LogP contribution in [0.25, 0.3) is 0 Å². The summed E-state index contributed by atoms with van der Waals surface area (Å²) in [4.78, 5) is 0. The summed E-state index contributed by atoms with van der Waals surface area (Å²) in [6, 6.07) is 9.20. The summed E-state index contributed by atoms with van der Waals surface area (Å²) in [6.45, 7) is 3.22. The first-order valence-corrected chi connectivity index (χ1v) is 6.71. The summed E-state index contributed by atoms with van der Waals surface area (Å²) < 4.78 is 0. The standard InChI is InChI=1S/C15H23NO/c1-12-4-2-3-5-13(12)10-11-16-14-6-8-15(17)9-7-14/h2-5,14-17H,6-11H2,1H3. The predicted octanol–water partition coefficient (Wildman–Crippen LogP) is 2.43. The molecule has 0 saturated heterocycles. The molecule has 1 aromatic rings. The van der Waals surface area contributed by atoms with Crippen LogP contribution >= 0.6 is 0 Å². The molecule has 0 aliphatic heterocycles. The Hall–Kier alpha value is -0.860. The normalized spacial score (nSPS) is 24.8. The second-order valence-electron chi connectivity index (χ2n) is 5.14. The molecule has 0 radical (unpaired) electrons. The lowest BCUT2D eigenvalue weighted by atomic mass is 9.93. The van der Waals surface area contributed by atoms with E-state index in [1.807, 2.05) is 0 Å². The Morgan fingerprint density at radius 2 is 1.88 bits per heavy atom. The molecule has 0 spiro atoms. The Bertz CT molecular complexity index is 343. The number of aliphatic hydroxyl groups is 1. The van der Waals surface area contributed by atoms with E-state index in [2.05, 4.69) is 36.5 Å². The lowest BCUT2D eigenvalue weighted by Crippen LogP contribution is -2.35. The van der Waals surface area contributed by atoms with E-state index in [1.165, 1.54) is 11.1 Å². The molecule has 0 atom stereocenters. The quantitative estimate of drug-likeness (QED) is 0.837. The molecule has 0 bridgehead atoms. The van der Waals surface area contributed by atoms with E-state index in [-0.39, 0.29) is 6.10 Å². The van der Waals surface area contributed by atoms with Crippen LogP contribution in [0.3, 0.4) is 0 Å². The lowest BCUT2D eigenvalue weighted by Gasteiger charge is -2.26. The molecule has 2 nitrogen and oxygen atoms in total. The van der Waals surface area contributed by atoms with E-state index in [9.17, 15) is 5.11 Å². The molecule has 94 valence electrons. The fourth-order valence-corrected chi connectivity index (χ4v) is 2.58. The summed E-state index contributed by atoms with van der Waals surface area (Å²) in [6.07, 6.45) is 5.21. The first-order valence-electron chi connectivity index (χ1n) is 6.71. The van der Waals surface area contributed by atoms with E-state index in [1.54, 1.807) is 0 Å². The summed E-state index contributed by atoms with van der Waals surface area (Å²) in [5, 5.41) is 13.0. The average Bonchev–Trinajstić information content (AvgIpc) is 2.34. The van der Waals surface area contributed by atoms with Crippen LogP contribution in [0.2, 0.25) is 0 Å². The van der Waals surface area contributed by atoms with E-state index < -0.39 is 0 Å². The first-order chi connectivity index (χ1) is 8.25. The van der Waals surface area contributed by atoms with Gasteiger partial charge in [-0.3, -0.25) is 0 Å². The van der Waals surface area contributed by atoms with Gasteiger partial charge in [0.05, 0.1) is 6.10 Å². The molecule has 17 heavy (non-hydrogen) atoms. The van der Waals surface area contributed by atoms with Crippen molar-refractivity contribution in [1.29, 1.82) is 0 Å². The number of rotatable bonds is 4. The van der Waals surface area contributed by atoms with Crippen LogP contribution in [0.4, 0.5) is 0 Å². The molecule has 0 amide bonds. The Kier molecular flexibility index (Phi) is 4.57.